The average Bonchev–Trinajstić information content (AvgIpc) is 3.23. The van der Waals surface area contributed by atoms with Gasteiger partial charge in [0.1, 0.15) is 13.2 Å². The lowest BCUT2D eigenvalue weighted by molar-refractivity contribution is -0.167. The Balaban J connectivity index is 4.34. The van der Waals surface area contributed by atoms with Gasteiger partial charge in [-0.1, -0.05) is 231 Å². The lowest BCUT2D eigenvalue weighted by Crippen LogP contribution is -2.30. The Morgan fingerprint density at radius 1 is 0.339 bits per heavy atom. The third kappa shape index (κ3) is 46.8. The molecule has 6 nitrogen and oxygen atoms in total. The number of hydrogen-bond donors (Lipinski definition) is 0. The van der Waals surface area contributed by atoms with E-state index >= 15 is 0 Å². The topological polar surface area (TPSA) is 78.9 Å². The van der Waals surface area contributed by atoms with E-state index in [0.717, 1.165) is 70.6 Å². The second-order valence-electron chi connectivity index (χ2n) is 17.4. The van der Waals surface area contributed by atoms with Crippen LogP contribution in [0.5, 0.6) is 0 Å². The van der Waals surface area contributed by atoms with Gasteiger partial charge in [0.05, 0.1) is 0 Å². The number of allylic oxidation sites excluding steroid dienone is 4. The fraction of sp³-hybridized carbons (Fsp3) is 0.868. The van der Waals surface area contributed by atoms with Gasteiger partial charge in [0.25, 0.3) is 0 Å². The van der Waals surface area contributed by atoms with Crippen LogP contribution in [0.4, 0.5) is 0 Å². The summed E-state index contributed by atoms with van der Waals surface area (Å²) in [5.41, 5.74) is 0. The normalized spacial score (nSPS) is 12.1. The van der Waals surface area contributed by atoms with E-state index in [-0.39, 0.29) is 31.1 Å². The van der Waals surface area contributed by atoms with Crippen LogP contribution >= 0.6 is 0 Å². The average molecular weight is 831 g/mol. The molecule has 0 fully saturated rings. The van der Waals surface area contributed by atoms with Gasteiger partial charge < -0.3 is 14.2 Å². The molecule has 0 saturated carbocycles. The van der Waals surface area contributed by atoms with Crippen molar-refractivity contribution in [2.75, 3.05) is 13.2 Å². The molecule has 0 N–H and O–H groups in total. The van der Waals surface area contributed by atoms with E-state index in [9.17, 15) is 14.4 Å². The summed E-state index contributed by atoms with van der Waals surface area (Å²) >= 11 is 0. The van der Waals surface area contributed by atoms with E-state index in [1.807, 2.05) is 0 Å². The maximum absolute atomic E-state index is 12.8. The number of carbonyl (C=O) groups excluding carboxylic acids is 3. The second-order valence-corrected chi connectivity index (χ2v) is 17.4. The minimum atomic E-state index is -0.768. The monoisotopic (exact) mass is 831 g/mol. The first-order chi connectivity index (χ1) is 29.0. The smallest absolute Gasteiger partial charge is 0.306 e. The molecular formula is C53H98O6. The Labute approximate surface area is 366 Å². The summed E-state index contributed by atoms with van der Waals surface area (Å²) in [4.78, 5) is 37.9. The van der Waals surface area contributed by atoms with Crippen molar-refractivity contribution in [2.24, 2.45) is 0 Å². The number of esters is 3. The highest BCUT2D eigenvalue weighted by Crippen LogP contribution is 2.16. The number of hydrogen-bond acceptors (Lipinski definition) is 6. The third-order valence-corrected chi connectivity index (χ3v) is 11.5. The quantitative estimate of drug-likeness (QED) is 0.0263. The van der Waals surface area contributed by atoms with Gasteiger partial charge in [-0.2, -0.15) is 0 Å². The van der Waals surface area contributed by atoms with Crippen LogP contribution in [0.15, 0.2) is 24.3 Å². The molecule has 0 aromatic rings. The van der Waals surface area contributed by atoms with Crippen molar-refractivity contribution in [1.82, 2.24) is 0 Å². The van der Waals surface area contributed by atoms with Crippen LogP contribution in [0.25, 0.3) is 0 Å². The molecule has 0 radical (unpaired) electrons. The van der Waals surface area contributed by atoms with Crippen molar-refractivity contribution in [2.45, 2.75) is 284 Å². The molecule has 1 atom stereocenters. The number of carbonyl (C=O) groups is 3. The zero-order valence-corrected chi connectivity index (χ0v) is 39.5. The molecule has 0 aliphatic carbocycles. The first-order valence-electron chi connectivity index (χ1n) is 25.8. The van der Waals surface area contributed by atoms with E-state index in [2.05, 4.69) is 45.1 Å². The molecule has 59 heavy (non-hydrogen) atoms. The van der Waals surface area contributed by atoms with Gasteiger partial charge in [-0.15, -0.1) is 0 Å². The summed E-state index contributed by atoms with van der Waals surface area (Å²) in [6.45, 7) is 6.62. The van der Waals surface area contributed by atoms with Gasteiger partial charge in [-0.05, 0) is 51.4 Å². The largest absolute Gasteiger partial charge is 0.462 e. The van der Waals surface area contributed by atoms with Gasteiger partial charge in [0.2, 0.25) is 0 Å². The van der Waals surface area contributed by atoms with Crippen molar-refractivity contribution in [3.05, 3.63) is 24.3 Å². The van der Waals surface area contributed by atoms with Crippen LogP contribution in [0.3, 0.4) is 0 Å². The maximum Gasteiger partial charge on any atom is 0.306 e. The molecule has 0 aliphatic rings. The van der Waals surface area contributed by atoms with Gasteiger partial charge in [-0.3, -0.25) is 14.4 Å². The number of rotatable bonds is 47. The first-order valence-corrected chi connectivity index (χ1v) is 25.8. The molecule has 0 bridgehead atoms. The molecule has 0 rings (SSSR count). The minimum Gasteiger partial charge on any atom is -0.462 e. The van der Waals surface area contributed by atoms with E-state index < -0.39 is 6.10 Å². The van der Waals surface area contributed by atoms with E-state index in [4.69, 9.17) is 14.2 Å². The fourth-order valence-corrected chi connectivity index (χ4v) is 7.53. The molecule has 0 aromatic carbocycles. The van der Waals surface area contributed by atoms with Crippen LogP contribution in [0.1, 0.15) is 278 Å². The molecule has 0 aromatic heterocycles. The van der Waals surface area contributed by atoms with Crippen LogP contribution in [-0.2, 0) is 28.6 Å². The number of unbranched alkanes of at least 4 members (excludes halogenated alkanes) is 32. The summed E-state index contributed by atoms with van der Waals surface area (Å²) in [7, 11) is 0. The van der Waals surface area contributed by atoms with Crippen molar-refractivity contribution >= 4 is 17.9 Å². The summed E-state index contributed by atoms with van der Waals surface area (Å²) in [5, 5.41) is 0. The van der Waals surface area contributed by atoms with Gasteiger partial charge >= 0.3 is 17.9 Å². The molecule has 0 unspecified atom stereocenters. The highest BCUT2D eigenvalue weighted by Gasteiger charge is 2.19. The van der Waals surface area contributed by atoms with Gasteiger partial charge in [0.15, 0.2) is 6.10 Å². The van der Waals surface area contributed by atoms with E-state index in [1.165, 1.54) is 167 Å². The summed E-state index contributed by atoms with van der Waals surface area (Å²) in [6, 6.07) is 0. The Kier molecular flexibility index (Phi) is 46.8. The van der Waals surface area contributed by atoms with Crippen LogP contribution in [-0.4, -0.2) is 37.2 Å². The fourth-order valence-electron chi connectivity index (χ4n) is 7.53. The first kappa shape index (κ1) is 56.9. The molecule has 0 saturated heterocycles. The van der Waals surface area contributed by atoms with E-state index in [1.54, 1.807) is 0 Å². The van der Waals surface area contributed by atoms with Gasteiger partial charge in [-0.25, -0.2) is 0 Å². The van der Waals surface area contributed by atoms with Crippen LogP contribution in [0.2, 0.25) is 0 Å². The Bertz CT molecular complexity index is 958. The van der Waals surface area contributed by atoms with Crippen molar-refractivity contribution in [3.8, 4) is 0 Å². The zero-order valence-electron chi connectivity index (χ0n) is 39.5. The standard InChI is InChI=1S/C53H98O6/c1-4-7-10-13-16-19-22-24-25-26-27-29-32-35-38-41-44-47-53(56)59-50(48-57-51(54)45-42-39-36-33-30-21-18-15-12-9-6-3)49-58-52(55)46-43-40-37-34-31-28-23-20-17-14-11-8-5-2/h16,19,24-25,50H,4-15,17-18,20-23,26-49H2,1-3H3/b19-16-,25-24-/t50-/m0/s1. The molecular weight excluding hydrogens is 733 g/mol. The predicted octanol–water partition coefficient (Wildman–Crippen LogP) is 16.8. The molecule has 0 heterocycles. The van der Waals surface area contributed by atoms with Crippen molar-refractivity contribution in [1.29, 1.82) is 0 Å². The van der Waals surface area contributed by atoms with Gasteiger partial charge in [0, 0.05) is 19.3 Å². The van der Waals surface area contributed by atoms with Crippen molar-refractivity contribution < 1.29 is 28.6 Å². The predicted molar refractivity (Wildman–Crippen MR) is 252 cm³/mol. The number of ether oxygens (including phenoxy) is 3. The Morgan fingerprint density at radius 3 is 0.966 bits per heavy atom. The molecule has 0 amide bonds. The van der Waals surface area contributed by atoms with Crippen molar-refractivity contribution in [3.63, 3.8) is 0 Å². The summed E-state index contributed by atoms with van der Waals surface area (Å²) < 4.78 is 16.8. The SMILES string of the molecule is CCCCC/C=C\C/C=C\CCCCCCCCCC(=O)O[C@@H](COC(=O)CCCCCCCCCCCCC)COC(=O)CCCCCCCCCCCCCCC. The van der Waals surface area contributed by atoms with E-state index in [0.29, 0.717) is 19.3 Å². The molecule has 0 spiro atoms. The summed E-state index contributed by atoms with van der Waals surface area (Å²) in [6.07, 6.45) is 54.4. The lowest BCUT2D eigenvalue weighted by Gasteiger charge is -2.18. The maximum atomic E-state index is 12.8. The van der Waals surface area contributed by atoms with Crippen LogP contribution < -0.4 is 0 Å². The highest BCUT2D eigenvalue weighted by atomic mass is 16.6. The summed E-state index contributed by atoms with van der Waals surface area (Å²) in [5.74, 6) is -0.865. The second kappa shape index (κ2) is 48.6. The molecule has 0 aliphatic heterocycles. The Hall–Kier alpha value is -2.11. The Morgan fingerprint density at radius 2 is 0.610 bits per heavy atom. The molecule has 346 valence electrons. The highest BCUT2D eigenvalue weighted by molar-refractivity contribution is 5.71. The molecule has 6 heteroatoms. The van der Waals surface area contributed by atoms with Crippen LogP contribution in [0, 0.1) is 0 Å². The third-order valence-electron chi connectivity index (χ3n) is 11.5. The minimum absolute atomic E-state index is 0.0698. The zero-order chi connectivity index (χ0) is 43.0. The lowest BCUT2D eigenvalue weighted by atomic mass is 10.0.